The van der Waals surface area contributed by atoms with Crippen LogP contribution in [-0.2, 0) is 0 Å². The summed E-state index contributed by atoms with van der Waals surface area (Å²) in [5.41, 5.74) is 5.15. The number of rotatable bonds is 5. The first-order chi connectivity index (χ1) is 8.11. The molecule has 0 aliphatic heterocycles. The van der Waals surface area contributed by atoms with Crippen LogP contribution >= 0.6 is 0 Å². The number of anilines is 2. The summed E-state index contributed by atoms with van der Waals surface area (Å²) in [5.74, 6) is -0.0179. The number of nitro groups is 1. The van der Waals surface area contributed by atoms with Crippen LogP contribution in [-0.4, -0.2) is 28.0 Å². The Hall–Kier alpha value is -2.43. The Kier molecular flexibility index (Phi) is 4.16. The van der Waals surface area contributed by atoms with Crippen molar-refractivity contribution in [3.8, 4) is 6.07 Å². The van der Waals surface area contributed by atoms with Crippen LogP contribution < -0.4 is 10.6 Å². The summed E-state index contributed by atoms with van der Waals surface area (Å²) >= 11 is 0. The van der Waals surface area contributed by atoms with Gasteiger partial charge in [0.2, 0.25) is 11.6 Å². The molecule has 0 unspecified atom stereocenters. The third-order valence-corrected chi connectivity index (χ3v) is 2.19. The van der Waals surface area contributed by atoms with Gasteiger partial charge in [-0.25, -0.2) is 9.97 Å². The lowest BCUT2D eigenvalue weighted by Gasteiger charge is -2.19. The number of nitriles is 1. The van der Waals surface area contributed by atoms with E-state index in [1.807, 2.05) is 13.0 Å². The molecule has 90 valence electrons. The van der Waals surface area contributed by atoms with Gasteiger partial charge >= 0.3 is 5.69 Å². The normalized spacial score (nSPS) is 9.65. The second-order valence-corrected chi connectivity index (χ2v) is 3.18. The van der Waals surface area contributed by atoms with E-state index in [9.17, 15) is 10.1 Å². The lowest BCUT2D eigenvalue weighted by molar-refractivity contribution is -0.383. The van der Waals surface area contributed by atoms with Crippen molar-refractivity contribution in [1.82, 2.24) is 9.97 Å². The number of nitrogens with two attached hydrogens (primary N) is 1. The van der Waals surface area contributed by atoms with Crippen molar-refractivity contribution in [3.05, 3.63) is 16.4 Å². The summed E-state index contributed by atoms with van der Waals surface area (Å²) in [7, 11) is 0. The van der Waals surface area contributed by atoms with E-state index >= 15 is 0 Å². The molecule has 0 aliphatic rings. The van der Waals surface area contributed by atoms with Gasteiger partial charge in [0.1, 0.15) is 6.33 Å². The van der Waals surface area contributed by atoms with Crippen LogP contribution in [0.3, 0.4) is 0 Å². The molecule has 1 rings (SSSR count). The fourth-order valence-electron chi connectivity index (χ4n) is 1.39. The summed E-state index contributed by atoms with van der Waals surface area (Å²) < 4.78 is 0. The highest BCUT2D eigenvalue weighted by Crippen LogP contribution is 2.29. The number of nitrogen functional groups attached to an aromatic ring is 1. The van der Waals surface area contributed by atoms with E-state index in [2.05, 4.69) is 9.97 Å². The van der Waals surface area contributed by atoms with Crippen molar-refractivity contribution in [2.45, 2.75) is 13.3 Å². The molecule has 0 spiro atoms. The number of aromatic nitrogens is 2. The van der Waals surface area contributed by atoms with Gasteiger partial charge in [0.25, 0.3) is 0 Å². The van der Waals surface area contributed by atoms with E-state index in [1.54, 1.807) is 4.90 Å². The molecule has 8 nitrogen and oxygen atoms in total. The number of hydrogen-bond acceptors (Lipinski definition) is 7. The average molecular weight is 236 g/mol. The molecular weight excluding hydrogens is 224 g/mol. The molecule has 0 radical (unpaired) electrons. The van der Waals surface area contributed by atoms with Gasteiger partial charge in [-0.2, -0.15) is 5.26 Å². The summed E-state index contributed by atoms with van der Waals surface area (Å²) in [4.78, 5) is 19.4. The fraction of sp³-hybridized carbons (Fsp3) is 0.444. The lowest BCUT2D eigenvalue weighted by Crippen LogP contribution is -2.26. The van der Waals surface area contributed by atoms with Gasteiger partial charge in [-0.3, -0.25) is 10.1 Å². The Labute approximate surface area is 97.8 Å². The Morgan fingerprint density at radius 1 is 1.65 bits per heavy atom. The Morgan fingerprint density at radius 2 is 2.35 bits per heavy atom. The second kappa shape index (κ2) is 5.60. The van der Waals surface area contributed by atoms with Crippen molar-refractivity contribution >= 4 is 17.3 Å². The Morgan fingerprint density at radius 3 is 2.88 bits per heavy atom. The van der Waals surface area contributed by atoms with Gasteiger partial charge in [0, 0.05) is 13.1 Å². The zero-order valence-electron chi connectivity index (χ0n) is 9.33. The first-order valence-electron chi connectivity index (χ1n) is 4.98. The standard InChI is InChI=1S/C9H12N6O2/c1-2-14(5-3-4-10)9-7(15(16)17)8(11)12-6-13-9/h6H,2-3,5H2,1H3,(H2,11,12,13). The van der Waals surface area contributed by atoms with Crippen LogP contribution in [0.2, 0.25) is 0 Å². The van der Waals surface area contributed by atoms with Crippen molar-refractivity contribution in [2.75, 3.05) is 23.7 Å². The van der Waals surface area contributed by atoms with Crippen LogP contribution in [0.4, 0.5) is 17.3 Å². The zero-order chi connectivity index (χ0) is 12.8. The molecule has 0 saturated carbocycles. The van der Waals surface area contributed by atoms with Crippen LogP contribution in [0, 0.1) is 21.4 Å². The van der Waals surface area contributed by atoms with E-state index in [0.717, 1.165) is 0 Å². The first kappa shape index (κ1) is 12.6. The number of hydrogen-bond donors (Lipinski definition) is 1. The molecule has 0 fully saturated rings. The van der Waals surface area contributed by atoms with E-state index in [1.165, 1.54) is 6.33 Å². The monoisotopic (exact) mass is 236 g/mol. The minimum Gasteiger partial charge on any atom is -0.378 e. The minimum atomic E-state index is -0.611. The van der Waals surface area contributed by atoms with E-state index in [0.29, 0.717) is 13.1 Å². The topological polar surface area (TPSA) is 122 Å². The van der Waals surface area contributed by atoms with E-state index < -0.39 is 4.92 Å². The van der Waals surface area contributed by atoms with Crippen LogP contribution in [0.5, 0.6) is 0 Å². The average Bonchev–Trinajstić information content (AvgIpc) is 2.29. The second-order valence-electron chi connectivity index (χ2n) is 3.18. The van der Waals surface area contributed by atoms with Crippen molar-refractivity contribution in [3.63, 3.8) is 0 Å². The van der Waals surface area contributed by atoms with Crippen LogP contribution in [0.15, 0.2) is 6.33 Å². The molecule has 0 bridgehead atoms. The molecule has 2 N–H and O–H groups in total. The fourth-order valence-corrected chi connectivity index (χ4v) is 1.39. The highest BCUT2D eigenvalue weighted by Gasteiger charge is 2.24. The highest BCUT2D eigenvalue weighted by atomic mass is 16.6. The molecular formula is C9H12N6O2. The van der Waals surface area contributed by atoms with Gasteiger partial charge in [-0.1, -0.05) is 0 Å². The first-order valence-corrected chi connectivity index (χ1v) is 4.98. The Bertz CT molecular complexity index is 455. The van der Waals surface area contributed by atoms with Crippen LogP contribution in [0.1, 0.15) is 13.3 Å². The van der Waals surface area contributed by atoms with Crippen molar-refractivity contribution < 1.29 is 4.92 Å². The molecule has 17 heavy (non-hydrogen) atoms. The molecule has 0 saturated heterocycles. The predicted octanol–water partition coefficient (Wildman–Crippen LogP) is 0.707. The lowest BCUT2D eigenvalue weighted by atomic mass is 10.3. The molecule has 0 aromatic carbocycles. The quantitative estimate of drug-likeness (QED) is 0.589. The van der Waals surface area contributed by atoms with Crippen molar-refractivity contribution in [1.29, 1.82) is 5.26 Å². The minimum absolute atomic E-state index is 0.153. The van der Waals surface area contributed by atoms with Gasteiger partial charge in [0.05, 0.1) is 17.4 Å². The smallest absolute Gasteiger partial charge is 0.353 e. The summed E-state index contributed by atoms with van der Waals surface area (Å²) in [5, 5.41) is 19.4. The van der Waals surface area contributed by atoms with Gasteiger partial charge in [-0.15, -0.1) is 0 Å². The molecule has 1 aromatic heterocycles. The molecule has 0 amide bonds. The largest absolute Gasteiger partial charge is 0.378 e. The SMILES string of the molecule is CCN(CCC#N)c1ncnc(N)c1[N+](=O)[O-]. The van der Waals surface area contributed by atoms with Gasteiger partial charge in [-0.05, 0) is 6.92 Å². The maximum absolute atomic E-state index is 10.9. The highest BCUT2D eigenvalue weighted by molar-refractivity contribution is 5.68. The third-order valence-electron chi connectivity index (χ3n) is 2.19. The predicted molar refractivity (Wildman–Crippen MR) is 61.2 cm³/mol. The van der Waals surface area contributed by atoms with Gasteiger partial charge in [0.15, 0.2) is 0 Å². The number of nitrogens with zero attached hydrogens (tertiary/aromatic N) is 5. The maximum atomic E-state index is 10.9. The third kappa shape index (κ3) is 2.78. The Balaban J connectivity index is 3.15. The summed E-state index contributed by atoms with van der Waals surface area (Å²) in [6, 6.07) is 1.98. The van der Waals surface area contributed by atoms with E-state index in [4.69, 9.17) is 11.0 Å². The van der Waals surface area contributed by atoms with E-state index in [-0.39, 0.29) is 23.7 Å². The summed E-state index contributed by atoms with van der Waals surface area (Å²) in [6.45, 7) is 2.68. The zero-order valence-corrected chi connectivity index (χ0v) is 9.33. The molecule has 8 heteroatoms. The van der Waals surface area contributed by atoms with Crippen LogP contribution in [0.25, 0.3) is 0 Å². The van der Waals surface area contributed by atoms with Gasteiger partial charge < -0.3 is 10.6 Å². The maximum Gasteiger partial charge on any atom is 0.353 e. The molecule has 0 atom stereocenters. The molecule has 1 aromatic rings. The molecule has 1 heterocycles. The van der Waals surface area contributed by atoms with Crippen molar-refractivity contribution in [2.24, 2.45) is 0 Å². The summed E-state index contributed by atoms with van der Waals surface area (Å²) in [6.07, 6.45) is 1.43. The molecule has 0 aliphatic carbocycles.